The van der Waals surface area contributed by atoms with Crippen LogP contribution in [0.3, 0.4) is 0 Å². The number of carbonyl (C=O) groups excluding carboxylic acids is 1. The summed E-state index contributed by atoms with van der Waals surface area (Å²) in [6.07, 6.45) is 0. The molecule has 0 fully saturated rings. The van der Waals surface area contributed by atoms with Crippen molar-refractivity contribution in [3.8, 4) is 17.2 Å². The number of hydrogen-bond acceptors (Lipinski definition) is 6. The van der Waals surface area contributed by atoms with Gasteiger partial charge in [0.1, 0.15) is 12.4 Å². The Kier molecular flexibility index (Phi) is 6.81. The zero-order valence-corrected chi connectivity index (χ0v) is 18.1. The summed E-state index contributed by atoms with van der Waals surface area (Å²) < 4.78 is 26.7. The third-order valence-electron chi connectivity index (χ3n) is 4.65. The topological polar surface area (TPSA) is 66.2 Å². The highest BCUT2D eigenvalue weighted by molar-refractivity contribution is 7.99. The van der Waals surface area contributed by atoms with Gasteiger partial charge in [-0.3, -0.25) is 9.36 Å². The molecule has 0 amide bonds. The number of aromatic nitrogens is 3. The summed E-state index contributed by atoms with van der Waals surface area (Å²) in [5.41, 5.74) is 1.33. The number of ketones is 1. The van der Waals surface area contributed by atoms with Crippen molar-refractivity contribution >= 4 is 17.5 Å². The Hall–Kier alpha value is -3.65. The molecule has 0 radical (unpaired) electrons. The Labute approximate surface area is 189 Å². The minimum absolute atomic E-state index is 0.0177. The van der Waals surface area contributed by atoms with Gasteiger partial charge in [-0.1, -0.05) is 54.2 Å². The number of thioether (sulfide) groups is 1. The first-order chi connectivity index (χ1) is 15.7. The number of methoxy groups -OCH3 is 1. The zero-order valence-electron chi connectivity index (χ0n) is 17.3. The second-order valence-electron chi connectivity index (χ2n) is 6.70. The second kappa shape index (κ2) is 10.1. The van der Waals surface area contributed by atoms with Gasteiger partial charge in [-0.15, -0.1) is 10.2 Å². The molecule has 0 atom stereocenters. The zero-order chi connectivity index (χ0) is 22.3. The molecule has 4 rings (SSSR count). The van der Waals surface area contributed by atoms with E-state index in [1.807, 2.05) is 36.4 Å². The van der Waals surface area contributed by atoms with Crippen LogP contribution in [-0.2, 0) is 6.61 Å². The average Bonchev–Trinajstić information content (AvgIpc) is 3.25. The van der Waals surface area contributed by atoms with Crippen molar-refractivity contribution in [1.82, 2.24) is 14.8 Å². The highest BCUT2D eigenvalue weighted by Crippen LogP contribution is 2.26. The summed E-state index contributed by atoms with van der Waals surface area (Å²) in [5, 5.41) is 9.02. The molecule has 8 heteroatoms. The summed E-state index contributed by atoms with van der Waals surface area (Å²) in [6.45, 7) is 0.0177. The number of ether oxygens (including phenoxy) is 2. The van der Waals surface area contributed by atoms with Crippen molar-refractivity contribution in [1.29, 1.82) is 0 Å². The van der Waals surface area contributed by atoms with Crippen molar-refractivity contribution in [2.24, 2.45) is 0 Å². The van der Waals surface area contributed by atoms with E-state index in [0.717, 1.165) is 5.69 Å². The average molecular weight is 450 g/mol. The lowest BCUT2D eigenvalue weighted by Gasteiger charge is -2.11. The molecule has 3 aromatic carbocycles. The van der Waals surface area contributed by atoms with Gasteiger partial charge in [-0.2, -0.15) is 0 Å². The normalized spacial score (nSPS) is 10.7. The molecule has 0 unspecified atom stereocenters. The van der Waals surface area contributed by atoms with E-state index in [2.05, 4.69) is 10.2 Å². The molecule has 0 aliphatic carbocycles. The fourth-order valence-corrected chi connectivity index (χ4v) is 3.96. The van der Waals surface area contributed by atoms with Crippen LogP contribution in [0.15, 0.2) is 84.0 Å². The van der Waals surface area contributed by atoms with Crippen molar-refractivity contribution in [3.05, 3.63) is 96.1 Å². The number of para-hydroxylation sites is 3. The standard InChI is InChI=1S/C24H20FN3O3S/c1-30-21-13-7-5-11-18(21)20(29)16-32-24-27-26-23(28(24)17-9-3-2-4-10-17)15-31-22-14-8-6-12-19(22)25/h2-14H,15-16H2,1H3. The van der Waals surface area contributed by atoms with Crippen LogP contribution in [0, 0.1) is 5.82 Å². The van der Waals surface area contributed by atoms with Crippen LogP contribution >= 0.6 is 11.8 Å². The maximum absolute atomic E-state index is 13.9. The van der Waals surface area contributed by atoms with E-state index in [0.29, 0.717) is 22.3 Å². The number of carbonyl (C=O) groups is 1. The molecular weight excluding hydrogens is 429 g/mol. The molecule has 1 heterocycles. The molecule has 0 N–H and O–H groups in total. The minimum atomic E-state index is -0.449. The van der Waals surface area contributed by atoms with Crippen molar-refractivity contribution in [2.75, 3.05) is 12.9 Å². The monoisotopic (exact) mass is 449 g/mol. The van der Waals surface area contributed by atoms with E-state index >= 15 is 0 Å². The van der Waals surface area contributed by atoms with Gasteiger partial charge < -0.3 is 9.47 Å². The SMILES string of the molecule is COc1ccccc1C(=O)CSc1nnc(COc2ccccc2F)n1-c1ccccc1. The molecule has 0 bridgehead atoms. The van der Waals surface area contributed by atoms with Crippen LogP contribution in [0.4, 0.5) is 4.39 Å². The van der Waals surface area contributed by atoms with E-state index in [1.54, 1.807) is 41.0 Å². The Bertz CT molecular complexity index is 1210. The van der Waals surface area contributed by atoms with Gasteiger partial charge in [-0.05, 0) is 36.4 Å². The number of nitrogens with zero attached hydrogens (tertiary/aromatic N) is 3. The molecule has 1 aromatic heterocycles. The van der Waals surface area contributed by atoms with Gasteiger partial charge in [0, 0.05) is 5.69 Å². The van der Waals surface area contributed by atoms with E-state index in [4.69, 9.17) is 9.47 Å². The van der Waals surface area contributed by atoms with Gasteiger partial charge in [-0.25, -0.2) is 4.39 Å². The predicted molar refractivity (Wildman–Crippen MR) is 120 cm³/mol. The molecule has 4 aromatic rings. The van der Waals surface area contributed by atoms with Crippen molar-refractivity contribution < 1.29 is 18.7 Å². The van der Waals surface area contributed by atoms with Gasteiger partial charge >= 0.3 is 0 Å². The molecule has 0 saturated carbocycles. The maximum Gasteiger partial charge on any atom is 0.196 e. The lowest BCUT2D eigenvalue weighted by atomic mass is 10.1. The number of rotatable bonds is 9. The Balaban J connectivity index is 1.57. The lowest BCUT2D eigenvalue weighted by molar-refractivity contribution is 0.101. The molecular formula is C24H20FN3O3S. The number of benzene rings is 3. The van der Waals surface area contributed by atoms with Crippen LogP contribution in [-0.4, -0.2) is 33.4 Å². The molecule has 0 aliphatic rings. The van der Waals surface area contributed by atoms with E-state index in [-0.39, 0.29) is 23.9 Å². The first-order valence-corrected chi connectivity index (χ1v) is 10.8. The summed E-state index contributed by atoms with van der Waals surface area (Å²) in [5.74, 6) is 0.776. The number of hydrogen-bond donors (Lipinski definition) is 0. The van der Waals surface area contributed by atoms with Gasteiger partial charge in [0.15, 0.2) is 28.3 Å². The van der Waals surface area contributed by atoms with Crippen LogP contribution < -0.4 is 9.47 Å². The molecule has 0 saturated heterocycles. The van der Waals surface area contributed by atoms with E-state index in [9.17, 15) is 9.18 Å². The van der Waals surface area contributed by atoms with Crippen molar-refractivity contribution in [3.63, 3.8) is 0 Å². The van der Waals surface area contributed by atoms with Gasteiger partial charge in [0.25, 0.3) is 0 Å². The van der Waals surface area contributed by atoms with Crippen LogP contribution in [0.1, 0.15) is 16.2 Å². The fourth-order valence-electron chi connectivity index (χ4n) is 3.11. The Morgan fingerprint density at radius 3 is 2.38 bits per heavy atom. The largest absolute Gasteiger partial charge is 0.496 e. The highest BCUT2D eigenvalue weighted by Gasteiger charge is 2.18. The summed E-state index contributed by atoms with van der Waals surface area (Å²) in [4.78, 5) is 12.8. The van der Waals surface area contributed by atoms with E-state index < -0.39 is 5.82 Å². The van der Waals surface area contributed by atoms with Crippen LogP contribution in [0.25, 0.3) is 5.69 Å². The third kappa shape index (κ3) is 4.81. The van der Waals surface area contributed by atoms with Crippen molar-refractivity contribution in [2.45, 2.75) is 11.8 Å². The summed E-state index contributed by atoms with van der Waals surface area (Å²) in [6, 6.07) is 22.8. The molecule has 0 aliphatic heterocycles. The molecule has 6 nitrogen and oxygen atoms in total. The van der Waals surface area contributed by atoms with E-state index in [1.165, 1.54) is 24.9 Å². The highest BCUT2D eigenvalue weighted by atomic mass is 32.2. The van der Waals surface area contributed by atoms with Crippen LogP contribution in [0.5, 0.6) is 11.5 Å². The quantitative estimate of drug-likeness (QED) is 0.266. The second-order valence-corrected chi connectivity index (χ2v) is 7.64. The smallest absolute Gasteiger partial charge is 0.196 e. The summed E-state index contributed by atoms with van der Waals surface area (Å²) in [7, 11) is 1.53. The summed E-state index contributed by atoms with van der Waals surface area (Å²) >= 11 is 1.26. The fraction of sp³-hybridized carbons (Fsp3) is 0.125. The minimum Gasteiger partial charge on any atom is -0.496 e. The van der Waals surface area contributed by atoms with Crippen LogP contribution in [0.2, 0.25) is 0 Å². The number of Topliss-reactive ketones (excluding diaryl/α,β-unsaturated/α-hetero) is 1. The first kappa shape index (κ1) is 21.6. The predicted octanol–water partition coefficient (Wildman–Crippen LogP) is 4.97. The lowest BCUT2D eigenvalue weighted by Crippen LogP contribution is -2.09. The van der Waals surface area contributed by atoms with Gasteiger partial charge in [0.2, 0.25) is 0 Å². The Morgan fingerprint density at radius 1 is 0.938 bits per heavy atom. The maximum atomic E-state index is 13.9. The molecule has 32 heavy (non-hydrogen) atoms. The van der Waals surface area contributed by atoms with Gasteiger partial charge in [0.05, 0.1) is 18.4 Å². The third-order valence-corrected chi connectivity index (χ3v) is 5.58. The molecule has 0 spiro atoms. The molecule has 162 valence electrons. The Morgan fingerprint density at radius 2 is 1.62 bits per heavy atom. The number of halogens is 1. The first-order valence-electron chi connectivity index (χ1n) is 9.83.